The van der Waals surface area contributed by atoms with Crippen LogP contribution in [0.15, 0.2) is 46.9 Å². The number of ether oxygens (including phenoxy) is 1. The van der Waals surface area contributed by atoms with Crippen molar-refractivity contribution in [3.63, 3.8) is 0 Å². The third kappa shape index (κ3) is 5.36. The van der Waals surface area contributed by atoms with Gasteiger partial charge < -0.3 is 15.2 Å². The molecule has 2 rings (SSSR count). The Kier molecular flexibility index (Phi) is 5.59. The Balaban J connectivity index is 1.80. The molecule has 0 amide bonds. The molecule has 112 valence electrons. The Morgan fingerprint density at radius 1 is 1.29 bits per heavy atom. The molecule has 0 aliphatic rings. The highest BCUT2D eigenvalue weighted by atomic mass is 79.9. The van der Waals surface area contributed by atoms with Gasteiger partial charge in [-0.3, -0.25) is 0 Å². The van der Waals surface area contributed by atoms with Crippen LogP contribution in [0.3, 0.4) is 0 Å². The van der Waals surface area contributed by atoms with E-state index in [1.807, 2.05) is 37.3 Å². The van der Waals surface area contributed by atoms with E-state index in [9.17, 15) is 9.50 Å². The summed E-state index contributed by atoms with van der Waals surface area (Å²) >= 11 is 3.35. The maximum atomic E-state index is 13.2. The van der Waals surface area contributed by atoms with Crippen LogP contribution in [0.25, 0.3) is 0 Å². The summed E-state index contributed by atoms with van der Waals surface area (Å²) in [4.78, 5) is 0. The van der Waals surface area contributed by atoms with E-state index in [0.717, 1.165) is 10.0 Å². The minimum Gasteiger partial charge on any atom is -0.491 e. The Labute approximate surface area is 131 Å². The van der Waals surface area contributed by atoms with E-state index in [4.69, 9.17) is 4.74 Å². The molecule has 0 saturated carbocycles. The van der Waals surface area contributed by atoms with Crippen molar-refractivity contribution in [2.45, 2.75) is 13.0 Å². The quantitative estimate of drug-likeness (QED) is 0.830. The van der Waals surface area contributed by atoms with Gasteiger partial charge in [0.05, 0.1) is 0 Å². The van der Waals surface area contributed by atoms with Gasteiger partial charge in [-0.1, -0.05) is 22.0 Å². The molecule has 0 bridgehead atoms. The predicted octanol–water partition coefficient (Wildman–Crippen LogP) is 3.75. The van der Waals surface area contributed by atoms with Crippen LogP contribution in [0.4, 0.5) is 10.1 Å². The van der Waals surface area contributed by atoms with Crippen molar-refractivity contribution < 1.29 is 14.2 Å². The predicted molar refractivity (Wildman–Crippen MR) is 85.3 cm³/mol. The number of nitrogens with one attached hydrogen (secondary N) is 1. The fraction of sp³-hybridized carbons (Fsp3) is 0.250. The minimum atomic E-state index is -0.687. The Hall–Kier alpha value is -1.59. The standard InChI is InChI=1S/C16H17BrFNO2/c1-11-5-13(18)8-14(6-11)19-9-15(20)10-21-16-4-2-3-12(17)7-16/h2-8,15,19-20H,9-10H2,1H3. The Morgan fingerprint density at radius 3 is 2.81 bits per heavy atom. The van der Waals surface area contributed by atoms with Gasteiger partial charge in [-0.05, 0) is 48.9 Å². The molecule has 5 heteroatoms. The van der Waals surface area contributed by atoms with Crippen molar-refractivity contribution in [1.82, 2.24) is 0 Å². The van der Waals surface area contributed by atoms with Gasteiger partial charge in [-0.2, -0.15) is 0 Å². The second-order valence-corrected chi connectivity index (χ2v) is 5.74. The molecular formula is C16H17BrFNO2. The molecule has 0 spiro atoms. The first kappa shape index (κ1) is 15.8. The molecule has 0 aromatic heterocycles. The lowest BCUT2D eigenvalue weighted by molar-refractivity contribution is 0.117. The third-order valence-corrected chi connectivity index (χ3v) is 3.32. The van der Waals surface area contributed by atoms with Crippen molar-refractivity contribution in [3.05, 3.63) is 58.3 Å². The molecule has 0 saturated heterocycles. The second kappa shape index (κ2) is 7.43. The Morgan fingerprint density at radius 2 is 2.10 bits per heavy atom. The van der Waals surface area contributed by atoms with E-state index >= 15 is 0 Å². The normalized spacial score (nSPS) is 12.0. The van der Waals surface area contributed by atoms with E-state index in [0.29, 0.717) is 11.4 Å². The first-order chi connectivity index (χ1) is 10.0. The third-order valence-electron chi connectivity index (χ3n) is 2.82. The van der Waals surface area contributed by atoms with Crippen molar-refractivity contribution in [3.8, 4) is 5.75 Å². The average molecular weight is 354 g/mol. The number of hydrogen-bond acceptors (Lipinski definition) is 3. The number of aryl methyl sites for hydroxylation is 1. The summed E-state index contributed by atoms with van der Waals surface area (Å²) in [6.45, 7) is 2.27. The number of halogens is 2. The highest BCUT2D eigenvalue weighted by Crippen LogP contribution is 2.18. The van der Waals surface area contributed by atoms with Crippen LogP contribution in [0.1, 0.15) is 5.56 Å². The van der Waals surface area contributed by atoms with Crippen molar-refractivity contribution in [2.24, 2.45) is 0 Å². The highest BCUT2D eigenvalue weighted by molar-refractivity contribution is 9.10. The minimum absolute atomic E-state index is 0.164. The van der Waals surface area contributed by atoms with Crippen molar-refractivity contribution in [2.75, 3.05) is 18.5 Å². The van der Waals surface area contributed by atoms with Crippen molar-refractivity contribution >= 4 is 21.6 Å². The molecule has 21 heavy (non-hydrogen) atoms. The monoisotopic (exact) mass is 353 g/mol. The zero-order chi connectivity index (χ0) is 15.2. The van der Waals surface area contributed by atoms with Crippen LogP contribution in [-0.4, -0.2) is 24.4 Å². The summed E-state index contributed by atoms with van der Waals surface area (Å²) < 4.78 is 19.6. The summed E-state index contributed by atoms with van der Waals surface area (Å²) in [5, 5.41) is 12.9. The van der Waals surface area contributed by atoms with Gasteiger partial charge in [0.25, 0.3) is 0 Å². The topological polar surface area (TPSA) is 41.5 Å². The van der Waals surface area contributed by atoms with E-state index < -0.39 is 6.10 Å². The van der Waals surface area contributed by atoms with Gasteiger partial charge in [0.15, 0.2) is 0 Å². The van der Waals surface area contributed by atoms with Crippen molar-refractivity contribution in [1.29, 1.82) is 0 Å². The fourth-order valence-electron chi connectivity index (χ4n) is 1.88. The summed E-state index contributed by atoms with van der Waals surface area (Å²) in [6.07, 6.45) is -0.687. The SMILES string of the molecule is Cc1cc(F)cc(NCC(O)COc2cccc(Br)c2)c1. The molecule has 2 N–H and O–H groups in total. The fourth-order valence-corrected chi connectivity index (χ4v) is 2.26. The molecule has 0 radical (unpaired) electrons. The van der Waals surface area contributed by atoms with E-state index in [-0.39, 0.29) is 19.0 Å². The lowest BCUT2D eigenvalue weighted by atomic mass is 10.2. The number of aliphatic hydroxyl groups excluding tert-OH is 1. The first-order valence-electron chi connectivity index (χ1n) is 6.60. The summed E-state index contributed by atoms with van der Waals surface area (Å²) in [5.41, 5.74) is 1.48. The maximum Gasteiger partial charge on any atom is 0.125 e. The van der Waals surface area contributed by atoms with E-state index in [2.05, 4.69) is 21.2 Å². The summed E-state index contributed by atoms with van der Waals surface area (Å²) in [5.74, 6) is 0.391. The lowest BCUT2D eigenvalue weighted by Crippen LogP contribution is -2.26. The number of hydrogen-bond donors (Lipinski definition) is 2. The smallest absolute Gasteiger partial charge is 0.125 e. The van der Waals surface area contributed by atoms with Gasteiger partial charge in [0.1, 0.15) is 24.3 Å². The molecule has 0 aliphatic carbocycles. The van der Waals surface area contributed by atoms with E-state index in [1.54, 1.807) is 0 Å². The van der Waals surface area contributed by atoms with Gasteiger partial charge in [-0.25, -0.2) is 4.39 Å². The van der Waals surface area contributed by atoms with Crippen LogP contribution >= 0.6 is 15.9 Å². The number of rotatable bonds is 6. The molecule has 0 heterocycles. The summed E-state index contributed by atoms with van der Waals surface area (Å²) in [7, 11) is 0. The average Bonchev–Trinajstić information content (AvgIpc) is 2.42. The first-order valence-corrected chi connectivity index (χ1v) is 7.40. The zero-order valence-corrected chi connectivity index (χ0v) is 13.2. The van der Waals surface area contributed by atoms with E-state index in [1.165, 1.54) is 12.1 Å². The molecule has 1 atom stereocenters. The summed E-state index contributed by atoms with van der Waals surface area (Å²) in [6, 6.07) is 12.1. The molecular weight excluding hydrogens is 337 g/mol. The number of benzene rings is 2. The van der Waals surface area contributed by atoms with Gasteiger partial charge in [0.2, 0.25) is 0 Å². The number of aliphatic hydroxyl groups is 1. The molecule has 0 fully saturated rings. The maximum absolute atomic E-state index is 13.2. The van der Waals surface area contributed by atoms with Crippen LogP contribution in [0, 0.1) is 12.7 Å². The molecule has 0 aliphatic heterocycles. The highest BCUT2D eigenvalue weighted by Gasteiger charge is 2.06. The van der Waals surface area contributed by atoms with Gasteiger partial charge in [-0.15, -0.1) is 0 Å². The lowest BCUT2D eigenvalue weighted by Gasteiger charge is -2.14. The van der Waals surface area contributed by atoms with Crippen LogP contribution in [-0.2, 0) is 0 Å². The van der Waals surface area contributed by atoms with Crippen LogP contribution in [0.5, 0.6) is 5.75 Å². The van der Waals surface area contributed by atoms with Crippen LogP contribution < -0.4 is 10.1 Å². The number of anilines is 1. The van der Waals surface area contributed by atoms with Gasteiger partial charge in [0, 0.05) is 16.7 Å². The molecule has 3 nitrogen and oxygen atoms in total. The molecule has 2 aromatic rings. The van der Waals surface area contributed by atoms with Crippen LogP contribution in [0.2, 0.25) is 0 Å². The molecule has 2 aromatic carbocycles. The largest absolute Gasteiger partial charge is 0.491 e. The van der Waals surface area contributed by atoms with Gasteiger partial charge >= 0.3 is 0 Å². The Bertz CT molecular complexity index is 586. The molecule has 1 unspecified atom stereocenters. The second-order valence-electron chi connectivity index (χ2n) is 4.82. The zero-order valence-electron chi connectivity index (χ0n) is 11.6.